The third kappa shape index (κ3) is 6.03. The van der Waals surface area contributed by atoms with Gasteiger partial charge in [-0.15, -0.1) is 0 Å². The molecule has 1 spiro atoms. The Hall–Kier alpha value is -0.120. The Morgan fingerprint density at radius 3 is 2.00 bits per heavy atom. The van der Waals surface area contributed by atoms with Crippen LogP contribution in [-0.2, 0) is 4.74 Å². The maximum atomic E-state index is 6.31. The summed E-state index contributed by atoms with van der Waals surface area (Å²) in [4.78, 5) is 5.35. The molecule has 2 heterocycles. The highest BCUT2D eigenvalue weighted by Gasteiger charge is 2.39. The lowest BCUT2D eigenvalue weighted by Gasteiger charge is -2.48. The topological polar surface area (TPSA) is 15.7 Å². The Balaban J connectivity index is 1.77. The van der Waals surface area contributed by atoms with Crippen molar-refractivity contribution in [3.05, 3.63) is 0 Å². The monoisotopic (exact) mass is 324 g/mol. The standard InChI is InChI=1S/C20H40N2O/c1-5-7-18(3)15-21-11-9-20(10-12-21)17-22(13-14-23-20)16-19(4)8-6-2/h18-19H,5-17H2,1-4H3. The smallest absolute Gasteiger partial charge is 0.0833 e. The lowest BCUT2D eigenvalue weighted by molar-refractivity contribution is -0.138. The first-order valence-corrected chi connectivity index (χ1v) is 10.2. The molecule has 0 bridgehead atoms. The first-order chi connectivity index (χ1) is 11.1. The fraction of sp³-hybridized carbons (Fsp3) is 1.00. The molecule has 0 aromatic heterocycles. The Kier molecular flexibility index (Phi) is 7.84. The quantitative estimate of drug-likeness (QED) is 0.670. The summed E-state index contributed by atoms with van der Waals surface area (Å²) in [6.07, 6.45) is 7.79. The summed E-state index contributed by atoms with van der Waals surface area (Å²) in [6, 6.07) is 0. The number of ether oxygens (including phenoxy) is 1. The number of piperidine rings is 1. The van der Waals surface area contributed by atoms with Gasteiger partial charge in [0.05, 0.1) is 12.2 Å². The number of hydrogen-bond donors (Lipinski definition) is 0. The molecule has 2 saturated heterocycles. The molecule has 2 fully saturated rings. The molecule has 0 N–H and O–H groups in total. The average Bonchev–Trinajstić information content (AvgIpc) is 2.50. The van der Waals surface area contributed by atoms with Gasteiger partial charge in [0.25, 0.3) is 0 Å². The van der Waals surface area contributed by atoms with Crippen LogP contribution in [0.2, 0.25) is 0 Å². The van der Waals surface area contributed by atoms with Crippen LogP contribution in [0, 0.1) is 11.8 Å². The van der Waals surface area contributed by atoms with Gasteiger partial charge in [0.2, 0.25) is 0 Å². The van der Waals surface area contributed by atoms with E-state index in [9.17, 15) is 0 Å². The fourth-order valence-electron chi connectivity index (χ4n) is 4.57. The maximum absolute atomic E-state index is 6.31. The number of rotatable bonds is 8. The zero-order valence-corrected chi connectivity index (χ0v) is 16.1. The van der Waals surface area contributed by atoms with E-state index in [1.54, 1.807) is 0 Å². The molecule has 2 unspecified atom stereocenters. The summed E-state index contributed by atoms with van der Waals surface area (Å²) >= 11 is 0. The van der Waals surface area contributed by atoms with Gasteiger partial charge in [0, 0.05) is 39.3 Å². The Morgan fingerprint density at radius 2 is 1.43 bits per heavy atom. The molecule has 3 nitrogen and oxygen atoms in total. The molecule has 0 saturated carbocycles. The third-order valence-corrected chi connectivity index (χ3v) is 5.80. The van der Waals surface area contributed by atoms with Gasteiger partial charge < -0.3 is 9.64 Å². The van der Waals surface area contributed by atoms with Gasteiger partial charge in [-0.25, -0.2) is 0 Å². The summed E-state index contributed by atoms with van der Waals surface area (Å²) in [7, 11) is 0. The molecular weight excluding hydrogens is 284 g/mol. The van der Waals surface area contributed by atoms with E-state index in [-0.39, 0.29) is 5.60 Å². The van der Waals surface area contributed by atoms with E-state index in [1.165, 1.54) is 71.2 Å². The molecule has 136 valence electrons. The molecule has 2 aliphatic rings. The van der Waals surface area contributed by atoms with Crippen molar-refractivity contribution >= 4 is 0 Å². The van der Waals surface area contributed by atoms with Crippen LogP contribution in [0.3, 0.4) is 0 Å². The van der Waals surface area contributed by atoms with Crippen LogP contribution in [0.1, 0.15) is 66.2 Å². The molecule has 0 aliphatic carbocycles. The molecule has 0 aromatic carbocycles. The second kappa shape index (κ2) is 9.39. The SMILES string of the molecule is CCCC(C)CN1CCC2(CC1)CN(CC(C)CCC)CCO2. The van der Waals surface area contributed by atoms with E-state index in [4.69, 9.17) is 4.74 Å². The van der Waals surface area contributed by atoms with Crippen LogP contribution in [0.15, 0.2) is 0 Å². The largest absolute Gasteiger partial charge is 0.372 e. The average molecular weight is 325 g/mol. The van der Waals surface area contributed by atoms with Crippen molar-refractivity contribution in [1.82, 2.24) is 9.80 Å². The van der Waals surface area contributed by atoms with Crippen molar-refractivity contribution in [3.63, 3.8) is 0 Å². The van der Waals surface area contributed by atoms with Crippen LogP contribution in [0.4, 0.5) is 0 Å². The summed E-state index contributed by atoms with van der Waals surface area (Å²) in [5.74, 6) is 1.66. The second-order valence-electron chi connectivity index (χ2n) is 8.35. The summed E-state index contributed by atoms with van der Waals surface area (Å²) < 4.78 is 6.31. The molecule has 2 atom stereocenters. The van der Waals surface area contributed by atoms with Gasteiger partial charge in [-0.3, -0.25) is 4.90 Å². The molecule has 23 heavy (non-hydrogen) atoms. The van der Waals surface area contributed by atoms with Gasteiger partial charge in [-0.05, 0) is 37.5 Å². The lowest BCUT2D eigenvalue weighted by Crippen LogP contribution is -2.57. The van der Waals surface area contributed by atoms with Crippen molar-refractivity contribution in [1.29, 1.82) is 0 Å². The van der Waals surface area contributed by atoms with Crippen LogP contribution in [-0.4, -0.2) is 61.3 Å². The summed E-state index contributed by atoms with van der Waals surface area (Å²) in [5, 5.41) is 0. The van der Waals surface area contributed by atoms with Crippen LogP contribution < -0.4 is 0 Å². The highest BCUT2D eigenvalue weighted by atomic mass is 16.5. The van der Waals surface area contributed by atoms with Gasteiger partial charge in [-0.1, -0.05) is 40.5 Å². The summed E-state index contributed by atoms with van der Waals surface area (Å²) in [5.41, 5.74) is 0.161. The molecule has 2 aliphatic heterocycles. The number of morpholine rings is 1. The predicted octanol–water partition coefficient (Wildman–Crippen LogP) is 4.03. The van der Waals surface area contributed by atoms with Gasteiger partial charge in [0.1, 0.15) is 0 Å². The minimum absolute atomic E-state index is 0.161. The predicted molar refractivity (Wildman–Crippen MR) is 98.9 cm³/mol. The van der Waals surface area contributed by atoms with E-state index in [0.29, 0.717) is 0 Å². The number of hydrogen-bond acceptors (Lipinski definition) is 3. The van der Waals surface area contributed by atoms with E-state index >= 15 is 0 Å². The van der Waals surface area contributed by atoms with Crippen molar-refractivity contribution in [2.45, 2.75) is 71.8 Å². The van der Waals surface area contributed by atoms with Crippen LogP contribution in [0.25, 0.3) is 0 Å². The molecule has 0 amide bonds. The van der Waals surface area contributed by atoms with Crippen molar-refractivity contribution in [2.75, 3.05) is 45.9 Å². The van der Waals surface area contributed by atoms with Gasteiger partial charge in [-0.2, -0.15) is 0 Å². The zero-order valence-electron chi connectivity index (χ0n) is 16.1. The highest BCUT2D eigenvalue weighted by Crippen LogP contribution is 2.31. The molecule has 0 aromatic rings. The fourth-order valence-corrected chi connectivity index (χ4v) is 4.57. The number of likely N-dealkylation sites (tertiary alicyclic amines) is 1. The minimum atomic E-state index is 0.161. The van der Waals surface area contributed by atoms with E-state index in [2.05, 4.69) is 37.5 Å². The molecular formula is C20H40N2O. The van der Waals surface area contributed by atoms with Crippen molar-refractivity contribution < 1.29 is 4.74 Å². The van der Waals surface area contributed by atoms with Crippen LogP contribution >= 0.6 is 0 Å². The van der Waals surface area contributed by atoms with Crippen molar-refractivity contribution in [3.8, 4) is 0 Å². The zero-order chi connectivity index (χ0) is 16.7. The molecule has 0 radical (unpaired) electrons. The molecule has 2 rings (SSSR count). The first kappa shape index (κ1) is 19.2. The maximum Gasteiger partial charge on any atom is 0.0833 e. The lowest BCUT2D eigenvalue weighted by atomic mass is 9.88. The van der Waals surface area contributed by atoms with E-state index < -0.39 is 0 Å². The van der Waals surface area contributed by atoms with Gasteiger partial charge in [0.15, 0.2) is 0 Å². The van der Waals surface area contributed by atoms with Gasteiger partial charge >= 0.3 is 0 Å². The summed E-state index contributed by atoms with van der Waals surface area (Å²) in [6.45, 7) is 17.6. The second-order valence-corrected chi connectivity index (χ2v) is 8.35. The Labute approximate surface area is 144 Å². The Morgan fingerprint density at radius 1 is 0.870 bits per heavy atom. The number of nitrogens with zero attached hydrogens (tertiary/aromatic N) is 2. The van der Waals surface area contributed by atoms with Crippen molar-refractivity contribution in [2.24, 2.45) is 11.8 Å². The first-order valence-electron chi connectivity index (χ1n) is 10.2. The normalized spacial score (nSPS) is 25.6. The highest BCUT2D eigenvalue weighted by molar-refractivity contribution is 4.93. The minimum Gasteiger partial charge on any atom is -0.372 e. The van der Waals surface area contributed by atoms with Crippen LogP contribution in [0.5, 0.6) is 0 Å². The molecule has 3 heteroatoms. The van der Waals surface area contributed by atoms with E-state index in [0.717, 1.165) is 25.0 Å². The third-order valence-electron chi connectivity index (χ3n) is 5.80. The van der Waals surface area contributed by atoms with E-state index in [1.807, 2.05) is 0 Å². The Bertz CT molecular complexity index is 326.